The van der Waals surface area contributed by atoms with Crippen molar-refractivity contribution in [2.24, 2.45) is 40.9 Å². The maximum atomic E-state index is 12.2. The van der Waals surface area contributed by atoms with Crippen molar-refractivity contribution in [1.29, 1.82) is 5.26 Å². The van der Waals surface area contributed by atoms with Crippen molar-refractivity contribution in [3.05, 3.63) is 0 Å². The van der Waals surface area contributed by atoms with E-state index >= 15 is 0 Å². The second-order valence-corrected chi connectivity index (χ2v) is 11.5. The molecule has 0 saturated heterocycles. The van der Waals surface area contributed by atoms with Gasteiger partial charge < -0.3 is 4.74 Å². The van der Waals surface area contributed by atoms with Crippen LogP contribution in [0.15, 0.2) is 0 Å². The Kier molecular flexibility index (Phi) is 7.66. The SMILES string of the molecule is CCCCC[C@]1(C#N)CCC2C(CCC3C2CCC2C3CCC[C@@H]2OC(=O)CCC)C1. The molecule has 4 rings (SSSR count). The van der Waals surface area contributed by atoms with E-state index in [1.165, 1.54) is 70.6 Å². The third-order valence-corrected chi connectivity index (χ3v) is 9.86. The molecule has 0 aromatic carbocycles. The summed E-state index contributed by atoms with van der Waals surface area (Å²) in [4.78, 5) is 12.2. The van der Waals surface area contributed by atoms with Crippen molar-refractivity contribution in [1.82, 2.24) is 0 Å². The molecule has 6 unspecified atom stereocenters. The molecule has 3 nitrogen and oxygen atoms in total. The summed E-state index contributed by atoms with van der Waals surface area (Å²) < 4.78 is 6.00. The van der Waals surface area contributed by atoms with E-state index in [-0.39, 0.29) is 17.5 Å². The lowest BCUT2D eigenvalue weighted by Gasteiger charge is -2.56. The third kappa shape index (κ3) is 4.84. The quantitative estimate of drug-likeness (QED) is 0.313. The second-order valence-electron chi connectivity index (χ2n) is 11.5. The minimum atomic E-state index is -0.0240. The Morgan fingerprint density at radius 3 is 2.42 bits per heavy atom. The molecule has 4 fully saturated rings. The van der Waals surface area contributed by atoms with Crippen molar-refractivity contribution >= 4 is 5.97 Å². The molecule has 174 valence electrons. The van der Waals surface area contributed by atoms with E-state index in [1.807, 2.05) is 0 Å². The van der Waals surface area contributed by atoms with Crippen LogP contribution in [0, 0.1) is 52.3 Å². The van der Waals surface area contributed by atoms with Crippen molar-refractivity contribution in [3.8, 4) is 6.07 Å². The molecule has 31 heavy (non-hydrogen) atoms. The Morgan fingerprint density at radius 2 is 1.65 bits per heavy atom. The molecule has 0 aromatic heterocycles. The van der Waals surface area contributed by atoms with Gasteiger partial charge in [0, 0.05) is 6.42 Å². The highest BCUT2D eigenvalue weighted by atomic mass is 16.5. The molecule has 0 radical (unpaired) electrons. The first-order valence-electron chi connectivity index (χ1n) is 13.7. The summed E-state index contributed by atoms with van der Waals surface area (Å²) in [7, 11) is 0. The van der Waals surface area contributed by atoms with Crippen molar-refractivity contribution in [3.63, 3.8) is 0 Å². The number of ether oxygens (including phenoxy) is 1. The molecule has 0 bridgehead atoms. The first-order chi connectivity index (χ1) is 15.1. The van der Waals surface area contributed by atoms with Crippen molar-refractivity contribution in [2.75, 3.05) is 0 Å². The van der Waals surface area contributed by atoms with Crippen LogP contribution in [0.3, 0.4) is 0 Å². The van der Waals surface area contributed by atoms with Gasteiger partial charge in [-0.25, -0.2) is 0 Å². The van der Waals surface area contributed by atoms with Crippen LogP contribution in [0.1, 0.15) is 117 Å². The van der Waals surface area contributed by atoms with Gasteiger partial charge in [0.05, 0.1) is 11.5 Å². The summed E-state index contributed by atoms with van der Waals surface area (Å²) in [5, 5.41) is 10.1. The lowest BCUT2D eigenvalue weighted by atomic mass is 9.49. The number of esters is 1. The van der Waals surface area contributed by atoms with Gasteiger partial charge in [-0.15, -0.1) is 0 Å². The van der Waals surface area contributed by atoms with Crippen LogP contribution in [0.4, 0.5) is 0 Å². The van der Waals surface area contributed by atoms with E-state index in [0.29, 0.717) is 12.3 Å². The highest BCUT2D eigenvalue weighted by Crippen LogP contribution is 2.60. The van der Waals surface area contributed by atoms with Gasteiger partial charge in [-0.2, -0.15) is 5.26 Å². The maximum absolute atomic E-state index is 12.2. The fourth-order valence-corrected chi connectivity index (χ4v) is 8.46. The number of nitriles is 1. The first-order valence-corrected chi connectivity index (χ1v) is 13.7. The minimum absolute atomic E-state index is 0.0240. The third-order valence-electron chi connectivity index (χ3n) is 9.86. The Hall–Kier alpha value is -1.04. The number of hydrogen-bond acceptors (Lipinski definition) is 3. The Morgan fingerprint density at radius 1 is 0.903 bits per heavy atom. The molecule has 0 amide bonds. The molecule has 3 heteroatoms. The number of hydrogen-bond donors (Lipinski definition) is 0. The zero-order valence-electron chi connectivity index (χ0n) is 20.1. The van der Waals surface area contributed by atoms with Gasteiger partial charge in [-0.1, -0.05) is 33.1 Å². The average molecular weight is 428 g/mol. The van der Waals surface area contributed by atoms with Crippen LogP contribution in [-0.4, -0.2) is 12.1 Å². The van der Waals surface area contributed by atoms with Gasteiger partial charge in [-0.05, 0) is 113 Å². The van der Waals surface area contributed by atoms with Crippen LogP contribution < -0.4 is 0 Å². The van der Waals surface area contributed by atoms with Gasteiger partial charge in [-0.3, -0.25) is 4.79 Å². The molecule has 0 heterocycles. The maximum Gasteiger partial charge on any atom is 0.306 e. The first kappa shape index (κ1) is 23.1. The van der Waals surface area contributed by atoms with Crippen LogP contribution >= 0.6 is 0 Å². The van der Waals surface area contributed by atoms with Gasteiger partial charge in [0.15, 0.2) is 0 Å². The number of nitrogens with zero attached hydrogens (tertiary/aromatic N) is 1. The summed E-state index contributed by atoms with van der Waals surface area (Å²) >= 11 is 0. The van der Waals surface area contributed by atoms with Gasteiger partial charge in [0.2, 0.25) is 0 Å². The normalized spacial score (nSPS) is 41.9. The predicted molar refractivity (Wildman–Crippen MR) is 124 cm³/mol. The summed E-state index contributed by atoms with van der Waals surface area (Å²) in [5.41, 5.74) is -0.0240. The van der Waals surface area contributed by atoms with Gasteiger partial charge >= 0.3 is 5.97 Å². The smallest absolute Gasteiger partial charge is 0.306 e. The molecule has 4 aliphatic rings. The van der Waals surface area contributed by atoms with Gasteiger partial charge in [0.25, 0.3) is 0 Å². The number of carbonyl (C=O) groups is 1. The summed E-state index contributed by atoms with van der Waals surface area (Å²) in [6.45, 7) is 4.32. The van der Waals surface area contributed by atoms with Crippen LogP contribution in [-0.2, 0) is 9.53 Å². The Bertz CT molecular complexity index is 654. The van der Waals surface area contributed by atoms with Crippen molar-refractivity contribution in [2.45, 2.75) is 123 Å². The topological polar surface area (TPSA) is 50.1 Å². The summed E-state index contributed by atoms with van der Waals surface area (Å²) in [6.07, 6.45) is 19.1. The number of rotatable bonds is 7. The summed E-state index contributed by atoms with van der Waals surface area (Å²) in [5.74, 6) is 4.79. The number of carbonyl (C=O) groups excluding carboxylic acids is 1. The molecule has 0 aromatic rings. The average Bonchev–Trinajstić information content (AvgIpc) is 2.79. The minimum Gasteiger partial charge on any atom is -0.462 e. The molecular formula is C28H45NO2. The molecular weight excluding hydrogens is 382 g/mol. The van der Waals surface area contributed by atoms with E-state index in [9.17, 15) is 10.1 Å². The van der Waals surface area contributed by atoms with E-state index in [4.69, 9.17) is 4.74 Å². The molecule has 4 aliphatic carbocycles. The molecule has 4 saturated carbocycles. The molecule has 0 N–H and O–H groups in total. The number of unbranched alkanes of at least 4 members (excludes halogenated alkanes) is 2. The van der Waals surface area contributed by atoms with Crippen LogP contribution in [0.5, 0.6) is 0 Å². The Balaban J connectivity index is 1.40. The fraction of sp³-hybridized carbons (Fsp3) is 0.929. The van der Waals surface area contributed by atoms with E-state index in [0.717, 1.165) is 55.3 Å². The lowest BCUT2D eigenvalue weighted by molar-refractivity contribution is -0.161. The molecule has 0 spiro atoms. The second kappa shape index (κ2) is 10.3. The summed E-state index contributed by atoms with van der Waals surface area (Å²) in [6, 6.07) is 2.81. The number of fused-ring (bicyclic) bond motifs is 5. The Labute approximate surface area is 190 Å². The van der Waals surface area contributed by atoms with Crippen LogP contribution in [0.2, 0.25) is 0 Å². The van der Waals surface area contributed by atoms with Crippen LogP contribution in [0.25, 0.3) is 0 Å². The highest BCUT2D eigenvalue weighted by Gasteiger charge is 2.53. The zero-order valence-corrected chi connectivity index (χ0v) is 20.1. The predicted octanol–water partition coefficient (Wildman–Crippen LogP) is 7.44. The fourth-order valence-electron chi connectivity index (χ4n) is 8.46. The largest absolute Gasteiger partial charge is 0.462 e. The van der Waals surface area contributed by atoms with Gasteiger partial charge in [0.1, 0.15) is 6.10 Å². The van der Waals surface area contributed by atoms with Crippen molar-refractivity contribution < 1.29 is 9.53 Å². The standard InChI is InChI=1S/C28H45NO2/c1-3-5-6-16-28(19-29)17-15-21-20(18-28)11-12-24-22-9-7-10-26(31-27(30)8-4-2)25(22)14-13-23(21)24/h20-26H,3-18H2,1-2H3/t20?,21?,22?,23?,24?,25?,26-,28-/m0/s1. The molecule has 8 atom stereocenters. The lowest BCUT2D eigenvalue weighted by Crippen LogP contribution is -2.50. The van der Waals surface area contributed by atoms with E-state index in [1.54, 1.807) is 0 Å². The highest BCUT2D eigenvalue weighted by molar-refractivity contribution is 5.69. The van der Waals surface area contributed by atoms with E-state index < -0.39 is 0 Å². The monoisotopic (exact) mass is 427 g/mol. The van der Waals surface area contributed by atoms with E-state index in [2.05, 4.69) is 19.9 Å². The molecule has 0 aliphatic heterocycles. The zero-order chi connectivity index (χ0) is 21.8.